The maximum Gasteiger partial charge on any atom is 0.164 e. The second-order valence-corrected chi connectivity index (χ2v) is 5.33. The predicted octanol–water partition coefficient (Wildman–Crippen LogP) is 3.33. The van der Waals surface area contributed by atoms with Crippen molar-refractivity contribution in [2.75, 3.05) is 12.4 Å². The Balaban J connectivity index is 2.05. The van der Waals surface area contributed by atoms with Crippen LogP contribution < -0.4 is 10.1 Å². The first kappa shape index (κ1) is 13.0. The topological polar surface area (TPSA) is 39.1 Å². The summed E-state index contributed by atoms with van der Waals surface area (Å²) in [6, 6.07) is 7.14. The molecule has 2 aromatic rings. The van der Waals surface area contributed by atoms with E-state index in [-0.39, 0.29) is 0 Å². The fraction of sp³-hybridized carbons (Fsp3) is 0.438. The van der Waals surface area contributed by atoms with Crippen molar-refractivity contribution < 1.29 is 4.74 Å². The smallest absolute Gasteiger partial charge is 0.164 e. The summed E-state index contributed by atoms with van der Waals surface area (Å²) in [6.45, 7) is 5.16. The molecule has 20 heavy (non-hydrogen) atoms. The summed E-state index contributed by atoms with van der Waals surface area (Å²) in [5.41, 5.74) is 4.88. The number of rotatable bonds is 3. The molecule has 2 heterocycles. The lowest BCUT2D eigenvalue weighted by Crippen LogP contribution is -2.21. The van der Waals surface area contributed by atoms with Gasteiger partial charge in [-0.2, -0.15) is 5.10 Å². The van der Waals surface area contributed by atoms with Crippen molar-refractivity contribution in [1.82, 2.24) is 9.78 Å². The number of methoxy groups -OCH3 is 1. The summed E-state index contributed by atoms with van der Waals surface area (Å²) in [5, 5.41) is 7.92. The van der Waals surface area contributed by atoms with E-state index < -0.39 is 0 Å². The number of nitrogens with one attached hydrogen (secondary N) is 1. The zero-order valence-electron chi connectivity index (χ0n) is 12.3. The van der Waals surface area contributed by atoms with Gasteiger partial charge >= 0.3 is 0 Å². The fourth-order valence-electron chi connectivity index (χ4n) is 2.85. The molecule has 1 aliphatic heterocycles. The van der Waals surface area contributed by atoms with E-state index in [0.717, 1.165) is 24.4 Å². The number of hydrogen-bond acceptors (Lipinski definition) is 3. The van der Waals surface area contributed by atoms with E-state index >= 15 is 0 Å². The lowest BCUT2D eigenvalue weighted by atomic mass is 9.96. The quantitative estimate of drug-likeness (QED) is 0.930. The number of anilines is 1. The minimum Gasteiger partial charge on any atom is -0.493 e. The highest BCUT2D eigenvalue weighted by atomic mass is 16.5. The SMILES string of the molecule is CCn1ncc(OC)c1-c1ccc2c(c1)CCC(C)N2. The standard InChI is InChI=1S/C16H21N3O/c1-4-19-16(15(20-3)10-17-19)13-7-8-14-12(9-13)6-5-11(2)18-14/h7-11,18H,4-6H2,1-3H3. The maximum absolute atomic E-state index is 5.44. The zero-order valence-corrected chi connectivity index (χ0v) is 12.3. The third-order valence-corrected chi connectivity index (χ3v) is 3.95. The Bertz CT molecular complexity index is 597. The van der Waals surface area contributed by atoms with E-state index in [9.17, 15) is 0 Å². The Labute approximate surface area is 119 Å². The highest BCUT2D eigenvalue weighted by Crippen LogP contribution is 2.34. The van der Waals surface area contributed by atoms with Crippen LogP contribution in [0.25, 0.3) is 11.3 Å². The van der Waals surface area contributed by atoms with Gasteiger partial charge in [-0.05, 0) is 44.4 Å². The van der Waals surface area contributed by atoms with E-state index in [1.165, 1.54) is 23.2 Å². The highest BCUT2D eigenvalue weighted by molar-refractivity contribution is 5.71. The van der Waals surface area contributed by atoms with Crippen LogP contribution in [0.2, 0.25) is 0 Å². The average Bonchev–Trinajstić information content (AvgIpc) is 2.89. The molecular weight excluding hydrogens is 250 g/mol. The first-order valence-electron chi connectivity index (χ1n) is 7.22. The molecule has 1 atom stereocenters. The van der Waals surface area contributed by atoms with Gasteiger partial charge in [-0.15, -0.1) is 0 Å². The molecule has 1 N–H and O–H groups in total. The molecule has 0 bridgehead atoms. The van der Waals surface area contributed by atoms with Gasteiger partial charge in [0.1, 0.15) is 5.69 Å². The van der Waals surface area contributed by atoms with E-state index in [4.69, 9.17) is 4.74 Å². The molecule has 0 spiro atoms. The predicted molar refractivity (Wildman–Crippen MR) is 81.3 cm³/mol. The van der Waals surface area contributed by atoms with Crippen LogP contribution in [-0.2, 0) is 13.0 Å². The van der Waals surface area contributed by atoms with E-state index in [1.54, 1.807) is 13.3 Å². The van der Waals surface area contributed by atoms with Crippen LogP contribution in [0.3, 0.4) is 0 Å². The molecule has 4 nitrogen and oxygen atoms in total. The monoisotopic (exact) mass is 271 g/mol. The first-order valence-corrected chi connectivity index (χ1v) is 7.22. The van der Waals surface area contributed by atoms with Crippen molar-refractivity contribution in [3.63, 3.8) is 0 Å². The van der Waals surface area contributed by atoms with Crippen LogP contribution in [0.5, 0.6) is 5.75 Å². The molecular formula is C16H21N3O. The fourth-order valence-corrected chi connectivity index (χ4v) is 2.85. The van der Waals surface area contributed by atoms with Gasteiger partial charge in [-0.25, -0.2) is 0 Å². The third-order valence-electron chi connectivity index (χ3n) is 3.95. The van der Waals surface area contributed by atoms with Crippen molar-refractivity contribution in [1.29, 1.82) is 0 Å². The number of aromatic nitrogens is 2. The largest absolute Gasteiger partial charge is 0.493 e. The number of fused-ring (bicyclic) bond motifs is 1. The van der Waals surface area contributed by atoms with E-state index in [2.05, 4.69) is 42.5 Å². The van der Waals surface area contributed by atoms with Crippen LogP contribution in [-0.4, -0.2) is 22.9 Å². The van der Waals surface area contributed by atoms with Crippen molar-refractivity contribution in [2.24, 2.45) is 0 Å². The molecule has 4 heteroatoms. The highest BCUT2D eigenvalue weighted by Gasteiger charge is 2.18. The molecule has 3 rings (SSSR count). The van der Waals surface area contributed by atoms with Gasteiger partial charge in [0.05, 0.1) is 13.3 Å². The lowest BCUT2D eigenvalue weighted by molar-refractivity contribution is 0.416. The van der Waals surface area contributed by atoms with Gasteiger partial charge in [0.15, 0.2) is 5.75 Å². The summed E-state index contributed by atoms with van der Waals surface area (Å²) in [5.74, 6) is 0.837. The molecule has 0 fully saturated rings. The second kappa shape index (κ2) is 5.19. The van der Waals surface area contributed by atoms with Crippen LogP contribution in [0, 0.1) is 0 Å². The number of benzene rings is 1. The third kappa shape index (κ3) is 2.15. The summed E-state index contributed by atoms with van der Waals surface area (Å²) < 4.78 is 7.43. The van der Waals surface area contributed by atoms with Gasteiger partial charge in [0.25, 0.3) is 0 Å². The van der Waals surface area contributed by atoms with E-state index in [1.807, 2.05) is 4.68 Å². The van der Waals surface area contributed by atoms with Crippen LogP contribution in [0.1, 0.15) is 25.8 Å². The van der Waals surface area contributed by atoms with Crippen molar-refractivity contribution in [2.45, 2.75) is 39.3 Å². The van der Waals surface area contributed by atoms with Gasteiger partial charge in [0.2, 0.25) is 0 Å². The molecule has 0 saturated carbocycles. The molecule has 1 aliphatic rings. The van der Waals surface area contributed by atoms with Gasteiger partial charge in [-0.3, -0.25) is 4.68 Å². The number of ether oxygens (including phenoxy) is 1. The van der Waals surface area contributed by atoms with Gasteiger partial charge < -0.3 is 10.1 Å². The van der Waals surface area contributed by atoms with Crippen molar-refractivity contribution in [3.05, 3.63) is 30.0 Å². The average molecular weight is 271 g/mol. The number of hydrogen-bond donors (Lipinski definition) is 1. The van der Waals surface area contributed by atoms with Gasteiger partial charge in [-0.1, -0.05) is 6.07 Å². The molecule has 0 saturated heterocycles. The van der Waals surface area contributed by atoms with Crippen LogP contribution in [0.15, 0.2) is 24.4 Å². The minimum atomic E-state index is 0.559. The van der Waals surface area contributed by atoms with E-state index in [0.29, 0.717) is 6.04 Å². The van der Waals surface area contributed by atoms with Crippen molar-refractivity contribution in [3.8, 4) is 17.0 Å². The van der Waals surface area contributed by atoms with Crippen LogP contribution >= 0.6 is 0 Å². The Morgan fingerprint density at radius 1 is 1.45 bits per heavy atom. The Kier molecular flexibility index (Phi) is 3.38. The molecule has 0 amide bonds. The second-order valence-electron chi connectivity index (χ2n) is 5.33. The first-order chi connectivity index (χ1) is 9.72. The molecule has 0 radical (unpaired) electrons. The molecule has 106 valence electrons. The summed E-state index contributed by atoms with van der Waals surface area (Å²) in [7, 11) is 1.70. The zero-order chi connectivity index (χ0) is 14.1. The molecule has 1 unspecified atom stereocenters. The normalized spacial score (nSPS) is 17.4. The number of aryl methyl sites for hydroxylation is 2. The lowest BCUT2D eigenvalue weighted by Gasteiger charge is -2.24. The minimum absolute atomic E-state index is 0.559. The van der Waals surface area contributed by atoms with Crippen molar-refractivity contribution >= 4 is 5.69 Å². The Hall–Kier alpha value is -1.97. The van der Waals surface area contributed by atoms with Crippen LogP contribution in [0.4, 0.5) is 5.69 Å². The summed E-state index contributed by atoms with van der Waals surface area (Å²) in [4.78, 5) is 0. The molecule has 1 aromatic heterocycles. The maximum atomic E-state index is 5.44. The molecule has 0 aliphatic carbocycles. The van der Waals surface area contributed by atoms with Gasteiger partial charge in [0, 0.05) is 23.8 Å². The molecule has 1 aromatic carbocycles. The Morgan fingerprint density at radius 3 is 3.05 bits per heavy atom. The number of nitrogens with zero attached hydrogens (tertiary/aromatic N) is 2. The summed E-state index contributed by atoms with van der Waals surface area (Å²) in [6.07, 6.45) is 4.10. The Morgan fingerprint density at radius 2 is 2.30 bits per heavy atom. The summed E-state index contributed by atoms with van der Waals surface area (Å²) >= 11 is 0.